The summed E-state index contributed by atoms with van der Waals surface area (Å²) in [6, 6.07) is 6.70. The minimum Gasteiger partial charge on any atom is -0.493 e. The number of nitrogens with one attached hydrogen (secondary N) is 1. The van der Waals surface area contributed by atoms with E-state index in [1.165, 1.54) is 12.1 Å². The summed E-state index contributed by atoms with van der Waals surface area (Å²) in [5, 5.41) is 22.9. The van der Waals surface area contributed by atoms with Crippen LogP contribution in [0.2, 0.25) is 0 Å². The van der Waals surface area contributed by atoms with Gasteiger partial charge in [0.2, 0.25) is 0 Å². The highest BCUT2D eigenvalue weighted by atomic mass is 16.6. The van der Waals surface area contributed by atoms with Crippen molar-refractivity contribution in [2.24, 2.45) is 0 Å². The monoisotopic (exact) mass is 277 g/mol. The molecule has 1 rings (SSSR count). The third-order valence-corrected chi connectivity index (χ3v) is 3.04. The highest BCUT2D eigenvalue weighted by molar-refractivity contribution is 5.42. The predicted octanol–water partition coefficient (Wildman–Crippen LogP) is 2.56. The lowest BCUT2D eigenvalue weighted by Gasteiger charge is -2.22. The van der Waals surface area contributed by atoms with Crippen LogP contribution in [0.1, 0.15) is 25.8 Å². The van der Waals surface area contributed by atoms with Gasteiger partial charge in [0.05, 0.1) is 17.6 Å². The fraction of sp³-hybridized carbons (Fsp3) is 0.500. The van der Waals surface area contributed by atoms with Gasteiger partial charge in [0.15, 0.2) is 0 Å². The van der Waals surface area contributed by atoms with E-state index in [1.54, 1.807) is 13.0 Å². The van der Waals surface area contributed by atoms with Gasteiger partial charge in [0.1, 0.15) is 11.3 Å². The maximum atomic E-state index is 10.6. The molecule has 0 bridgehead atoms. The Bertz CT molecular complexity index is 525. The lowest BCUT2D eigenvalue weighted by Crippen LogP contribution is -2.42. The summed E-state index contributed by atoms with van der Waals surface area (Å²) in [6.07, 6.45) is 0.535. The molecule has 0 spiro atoms. The molecule has 0 aliphatic carbocycles. The third kappa shape index (κ3) is 4.21. The van der Waals surface area contributed by atoms with Crippen LogP contribution in [0.25, 0.3) is 0 Å². The Morgan fingerprint density at radius 3 is 2.75 bits per heavy atom. The normalized spacial score (nSPS) is 13.3. The zero-order valence-electron chi connectivity index (χ0n) is 12.0. The summed E-state index contributed by atoms with van der Waals surface area (Å²) >= 11 is 0. The Labute approximate surface area is 118 Å². The molecule has 20 heavy (non-hydrogen) atoms. The fourth-order valence-corrected chi connectivity index (χ4v) is 1.85. The first-order valence-electron chi connectivity index (χ1n) is 6.46. The maximum absolute atomic E-state index is 10.6. The molecule has 0 fully saturated rings. The van der Waals surface area contributed by atoms with Crippen LogP contribution in [0.5, 0.6) is 5.75 Å². The topological polar surface area (TPSA) is 88.2 Å². The first kappa shape index (κ1) is 15.9. The lowest BCUT2D eigenvalue weighted by molar-refractivity contribution is -0.384. The van der Waals surface area contributed by atoms with Crippen molar-refractivity contribution < 1.29 is 9.66 Å². The van der Waals surface area contributed by atoms with Crippen molar-refractivity contribution in [3.05, 3.63) is 33.9 Å². The van der Waals surface area contributed by atoms with Crippen LogP contribution in [-0.4, -0.2) is 23.6 Å². The van der Waals surface area contributed by atoms with Crippen molar-refractivity contribution >= 4 is 5.69 Å². The molecule has 1 atom stereocenters. The Balaban J connectivity index is 2.63. The van der Waals surface area contributed by atoms with Crippen LogP contribution in [-0.2, 0) is 0 Å². The number of nitrogens with zero attached hydrogens (tertiary/aromatic N) is 2. The van der Waals surface area contributed by atoms with E-state index in [2.05, 4.69) is 11.4 Å². The molecule has 0 amide bonds. The summed E-state index contributed by atoms with van der Waals surface area (Å²) in [6.45, 7) is 6.60. The van der Waals surface area contributed by atoms with Crippen molar-refractivity contribution in [2.75, 3.05) is 13.2 Å². The minimum atomic E-state index is -0.622. The highest BCUT2D eigenvalue weighted by Crippen LogP contribution is 2.23. The van der Waals surface area contributed by atoms with Gasteiger partial charge in [-0.15, -0.1) is 0 Å². The van der Waals surface area contributed by atoms with Crippen LogP contribution >= 0.6 is 0 Å². The number of nitro groups is 1. The summed E-state index contributed by atoms with van der Waals surface area (Å²) in [7, 11) is 0. The van der Waals surface area contributed by atoms with Gasteiger partial charge >= 0.3 is 0 Å². The largest absolute Gasteiger partial charge is 0.493 e. The zero-order valence-corrected chi connectivity index (χ0v) is 12.0. The van der Waals surface area contributed by atoms with E-state index in [4.69, 9.17) is 10.00 Å². The number of rotatable bonds is 7. The molecule has 1 aromatic rings. The molecule has 0 aliphatic heterocycles. The summed E-state index contributed by atoms with van der Waals surface area (Å²) in [5.41, 5.74) is 0.134. The Kier molecular flexibility index (Phi) is 5.47. The first-order valence-corrected chi connectivity index (χ1v) is 6.46. The zero-order chi connectivity index (χ0) is 15.2. The lowest BCUT2D eigenvalue weighted by atomic mass is 10.0. The number of ether oxygens (including phenoxy) is 1. The van der Waals surface area contributed by atoms with Gasteiger partial charge in [-0.25, -0.2) is 0 Å². The van der Waals surface area contributed by atoms with Gasteiger partial charge in [-0.1, -0.05) is 6.92 Å². The molecule has 1 N–H and O–H groups in total. The van der Waals surface area contributed by atoms with Crippen LogP contribution in [0.3, 0.4) is 0 Å². The predicted molar refractivity (Wildman–Crippen MR) is 75.6 cm³/mol. The van der Waals surface area contributed by atoms with Gasteiger partial charge in [-0.05, 0) is 32.0 Å². The molecule has 6 nitrogen and oxygen atoms in total. The molecular weight excluding hydrogens is 258 g/mol. The number of nitro benzene ring substituents is 1. The van der Waals surface area contributed by atoms with Crippen molar-refractivity contribution in [1.29, 1.82) is 5.26 Å². The second kappa shape index (κ2) is 6.87. The molecule has 0 saturated carbocycles. The Morgan fingerprint density at radius 1 is 1.55 bits per heavy atom. The van der Waals surface area contributed by atoms with Crippen LogP contribution in [0.4, 0.5) is 5.69 Å². The van der Waals surface area contributed by atoms with E-state index < -0.39 is 10.5 Å². The van der Waals surface area contributed by atoms with E-state index in [9.17, 15) is 10.1 Å². The Morgan fingerprint density at radius 2 is 2.25 bits per heavy atom. The van der Waals surface area contributed by atoms with Gasteiger partial charge < -0.3 is 4.74 Å². The van der Waals surface area contributed by atoms with Crippen LogP contribution in [0, 0.1) is 28.4 Å². The number of hydrogen-bond acceptors (Lipinski definition) is 5. The number of aryl methyl sites for hydroxylation is 1. The second-order valence-electron chi connectivity index (χ2n) is 4.78. The standard InChI is InChI=1S/C14H19N3O3/c1-4-16-14(3,10-15)7-8-20-13-6-5-12(17(18)19)9-11(13)2/h5-6,9,16H,4,7-8H2,1-3H3. The maximum Gasteiger partial charge on any atom is 0.269 e. The van der Waals surface area contributed by atoms with E-state index >= 15 is 0 Å². The van der Waals surface area contributed by atoms with Crippen molar-refractivity contribution in [2.45, 2.75) is 32.7 Å². The summed E-state index contributed by atoms with van der Waals surface area (Å²) < 4.78 is 5.60. The fourth-order valence-electron chi connectivity index (χ4n) is 1.85. The van der Waals surface area contributed by atoms with Gasteiger partial charge in [0.25, 0.3) is 5.69 Å². The molecule has 0 heterocycles. The molecular formula is C14H19N3O3. The smallest absolute Gasteiger partial charge is 0.269 e. The van der Waals surface area contributed by atoms with E-state index in [1.807, 2.05) is 13.8 Å². The molecule has 0 saturated heterocycles. The van der Waals surface area contributed by atoms with Crippen LogP contribution in [0.15, 0.2) is 18.2 Å². The van der Waals surface area contributed by atoms with Gasteiger partial charge in [0, 0.05) is 18.6 Å². The van der Waals surface area contributed by atoms with Gasteiger partial charge in [-0.3, -0.25) is 15.4 Å². The minimum absolute atomic E-state index is 0.0457. The van der Waals surface area contributed by atoms with Crippen LogP contribution < -0.4 is 10.1 Å². The van der Waals surface area contributed by atoms with E-state index in [0.29, 0.717) is 30.9 Å². The first-order chi connectivity index (χ1) is 9.41. The number of non-ortho nitro benzene ring substituents is 1. The quantitative estimate of drug-likeness (QED) is 0.611. The van der Waals surface area contributed by atoms with Crippen molar-refractivity contribution in [3.8, 4) is 11.8 Å². The molecule has 0 radical (unpaired) electrons. The molecule has 1 aromatic carbocycles. The average Bonchev–Trinajstić information content (AvgIpc) is 2.40. The Hall–Kier alpha value is -2.13. The van der Waals surface area contributed by atoms with E-state index in [-0.39, 0.29) is 5.69 Å². The number of nitriles is 1. The van der Waals surface area contributed by atoms with E-state index in [0.717, 1.165) is 0 Å². The molecule has 0 aliphatic rings. The summed E-state index contributed by atoms with van der Waals surface area (Å²) in [4.78, 5) is 10.2. The third-order valence-electron chi connectivity index (χ3n) is 3.04. The second-order valence-corrected chi connectivity index (χ2v) is 4.78. The SMILES string of the molecule is CCNC(C)(C#N)CCOc1ccc([N+](=O)[O-])cc1C. The average molecular weight is 277 g/mol. The molecule has 1 unspecified atom stereocenters. The number of hydrogen-bond donors (Lipinski definition) is 1. The number of benzene rings is 1. The molecule has 6 heteroatoms. The molecule has 0 aromatic heterocycles. The highest BCUT2D eigenvalue weighted by Gasteiger charge is 2.22. The molecule has 108 valence electrons. The van der Waals surface area contributed by atoms with Gasteiger partial charge in [-0.2, -0.15) is 5.26 Å². The van der Waals surface area contributed by atoms with Crippen molar-refractivity contribution in [3.63, 3.8) is 0 Å². The van der Waals surface area contributed by atoms with Crippen molar-refractivity contribution in [1.82, 2.24) is 5.32 Å². The summed E-state index contributed by atoms with van der Waals surface area (Å²) in [5.74, 6) is 0.604.